The minimum absolute atomic E-state index is 0.0682. The maximum atomic E-state index is 12.3. The summed E-state index contributed by atoms with van der Waals surface area (Å²) >= 11 is 1.45. The second-order valence-electron chi connectivity index (χ2n) is 5.76. The van der Waals surface area contributed by atoms with Gasteiger partial charge in [0.2, 0.25) is 5.91 Å². The first-order chi connectivity index (χ1) is 12.2. The van der Waals surface area contributed by atoms with Crippen molar-refractivity contribution in [1.82, 2.24) is 4.98 Å². The molecule has 0 saturated carbocycles. The number of thiazole rings is 1. The molecule has 0 radical (unpaired) electrons. The lowest BCUT2D eigenvalue weighted by Gasteiger charge is -2.04. The van der Waals surface area contributed by atoms with Crippen molar-refractivity contribution in [2.24, 2.45) is 0 Å². The smallest absolute Gasteiger partial charge is 0.230 e. The van der Waals surface area contributed by atoms with Crippen LogP contribution in [0.2, 0.25) is 0 Å². The van der Waals surface area contributed by atoms with Crippen molar-refractivity contribution < 1.29 is 9.53 Å². The van der Waals surface area contributed by atoms with Crippen LogP contribution >= 0.6 is 11.3 Å². The van der Waals surface area contributed by atoms with Crippen LogP contribution in [0.3, 0.4) is 0 Å². The summed E-state index contributed by atoms with van der Waals surface area (Å²) in [4.78, 5) is 16.8. The van der Waals surface area contributed by atoms with E-state index < -0.39 is 0 Å². The van der Waals surface area contributed by atoms with Gasteiger partial charge in [-0.1, -0.05) is 53.8 Å². The molecule has 1 aromatic heterocycles. The molecule has 5 heteroatoms. The predicted octanol–water partition coefficient (Wildman–Crippen LogP) is 4.64. The first kappa shape index (κ1) is 15.6. The lowest BCUT2D eigenvalue weighted by molar-refractivity contribution is -0.115. The molecule has 1 heterocycles. The van der Waals surface area contributed by atoms with Crippen LogP contribution in [0.5, 0.6) is 5.75 Å². The zero-order chi connectivity index (χ0) is 17.2. The van der Waals surface area contributed by atoms with E-state index in [1.165, 1.54) is 16.7 Å². The molecule has 0 fully saturated rings. The fraction of sp³-hybridized carbons (Fsp3) is 0.100. The highest BCUT2D eigenvalue weighted by atomic mass is 32.1. The van der Waals surface area contributed by atoms with Gasteiger partial charge in [-0.2, -0.15) is 0 Å². The van der Waals surface area contributed by atoms with Crippen molar-refractivity contribution in [2.75, 3.05) is 12.4 Å². The number of carbonyl (C=O) groups is 1. The van der Waals surface area contributed by atoms with Crippen molar-refractivity contribution in [3.63, 3.8) is 0 Å². The molecule has 124 valence electrons. The summed E-state index contributed by atoms with van der Waals surface area (Å²) in [6.07, 6.45) is 0.323. The Kier molecular flexibility index (Phi) is 4.07. The van der Waals surface area contributed by atoms with E-state index in [0.29, 0.717) is 11.6 Å². The Balaban J connectivity index is 1.51. The fourth-order valence-corrected chi connectivity index (χ4v) is 3.69. The Bertz CT molecular complexity index is 1070. The third kappa shape index (κ3) is 3.32. The molecule has 4 rings (SSSR count). The van der Waals surface area contributed by atoms with E-state index in [1.807, 2.05) is 42.5 Å². The summed E-state index contributed by atoms with van der Waals surface area (Å²) in [6, 6.07) is 19.9. The van der Waals surface area contributed by atoms with Crippen LogP contribution in [0, 0.1) is 0 Å². The number of anilines is 1. The zero-order valence-corrected chi connectivity index (χ0v) is 14.5. The summed E-state index contributed by atoms with van der Waals surface area (Å²) in [6.45, 7) is 0. The van der Waals surface area contributed by atoms with Gasteiger partial charge in [0.1, 0.15) is 5.75 Å². The van der Waals surface area contributed by atoms with E-state index in [9.17, 15) is 4.79 Å². The van der Waals surface area contributed by atoms with E-state index in [4.69, 9.17) is 4.74 Å². The predicted molar refractivity (Wildman–Crippen MR) is 102 cm³/mol. The third-order valence-corrected chi connectivity index (χ3v) is 4.95. The molecule has 25 heavy (non-hydrogen) atoms. The molecule has 0 unspecified atom stereocenters. The van der Waals surface area contributed by atoms with Gasteiger partial charge in [-0.05, 0) is 34.5 Å². The maximum Gasteiger partial charge on any atom is 0.230 e. The maximum absolute atomic E-state index is 12.3. The number of amides is 1. The zero-order valence-electron chi connectivity index (χ0n) is 13.7. The number of fused-ring (bicyclic) bond motifs is 2. The minimum Gasteiger partial charge on any atom is -0.497 e. The number of ether oxygens (including phenoxy) is 1. The van der Waals surface area contributed by atoms with Gasteiger partial charge in [-0.25, -0.2) is 4.98 Å². The van der Waals surface area contributed by atoms with Gasteiger partial charge < -0.3 is 10.1 Å². The number of aromatic nitrogens is 1. The molecular formula is C20H16N2O2S. The first-order valence-corrected chi connectivity index (χ1v) is 8.75. The highest BCUT2D eigenvalue weighted by Crippen LogP contribution is 2.29. The topological polar surface area (TPSA) is 51.2 Å². The highest BCUT2D eigenvalue weighted by molar-refractivity contribution is 7.22. The number of carbonyl (C=O) groups excluding carboxylic acids is 1. The molecule has 4 nitrogen and oxygen atoms in total. The molecule has 4 aromatic rings. The summed E-state index contributed by atoms with van der Waals surface area (Å²) in [7, 11) is 1.63. The van der Waals surface area contributed by atoms with Gasteiger partial charge in [0.25, 0.3) is 0 Å². The summed E-state index contributed by atoms with van der Waals surface area (Å²) in [5.41, 5.74) is 1.84. The largest absolute Gasteiger partial charge is 0.497 e. The van der Waals surface area contributed by atoms with Gasteiger partial charge in [0.05, 0.1) is 23.7 Å². The molecular weight excluding hydrogens is 332 g/mol. The Morgan fingerprint density at radius 2 is 1.92 bits per heavy atom. The van der Waals surface area contributed by atoms with Gasteiger partial charge >= 0.3 is 0 Å². The van der Waals surface area contributed by atoms with E-state index in [-0.39, 0.29) is 5.91 Å². The van der Waals surface area contributed by atoms with Crippen LogP contribution in [-0.2, 0) is 11.2 Å². The quantitative estimate of drug-likeness (QED) is 0.584. The van der Waals surface area contributed by atoms with Crippen molar-refractivity contribution >= 4 is 43.4 Å². The second-order valence-corrected chi connectivity index (χ2v) is 6.79. The minimum atomic E-state index is -0.0682. The highest BCUT2D eigenvalue weighted by Gasteiger charge is 2.10. The van der Waals surface area contributed by atoms with Crippen LogP contribution in [-0.4, -0.2) is 18.0 Å². The average molecular weight is 348 g/mol. The summed E-state index contributed by atoms with van der Waals surface area (Å²) in [5.74, 6) is 0.714. The number of rotatable bonds is 4. The summed E-state index contributed by atoms with van der Waals surface area (Å²) in [5, 5.41) is 5.81. The van der Waals surface area contributed by atoms with Crippen LogP contribution in [0.15, 0.2) is 60.7 Å². The van der Waals surface area contributed by atoms with E-state index >= 15 is 0 Å². The first-order valence-electron chi connectivity index (χ1n) is 7.93. The normalized spacial score (nSPS) is 10.9. The Morgan fingerprint density at radius 1 is 1.08 bits per heavy atom. The fourth-order valence-electron chi connectivity index (χ4n) is 2.78. The molecule has 0 bridgehead atoms. The number of hydrogen-bond acceptors (Lipinski definition) is 4. The Hall–Kier alpha value is -2.92. The number of benzene rings is 3. The van der Waals surface area contributed by atoms with E-state index in [2.05, 4.69) is 28.5 Å². The molecule has 3 aromatic carbocycles. The van der Waals surface area contributed by atoms with E-state index in [1.54, 1.807) is 7.11 Å². The van der Waals surface area contributed by atoms with E-state index in [0.717, 1.165) is 26.9 Å². The van der Waals surface area contributed by atoms with Gasteiger partial charge in [-0.3, -0.25) is 4.79 Å². The monoisotopic (exact) mass is 348 g/mol. The molecule has 0 aliphatic carbocycles. The van der Waals surface area contributed by atoms with Crippen LogP contribution in [0.1, 0.15) is 5.56 Å². The Morgan fingerprint density at radius 3 is 2.76 bits per heavy atom. The van der Waals surface area contributed by atoms with Crippen molar-refractivity contribution in [1.29, 1.82) is 0 Å². The molecule has 0 saturated heterocycles. The number of nitrogens with one attached hydrogen (secondary N) is 1. The second kappa shape index (κ2) is 6.53. The van der Waals surface area contributed by atoms with Crippen LogP contribution in [0.25, 0.3) is 21.0 Å². The van der Waals surface area contributed by atoms with Crippen molar-refractivity contribution in [3.8, 4) is 5.75 Å². The molecule has 1 N–H and O–H groups in total. The van der Waals surface area contributed by atoms with Crippen LogP contribution in [0.4, 0.5) is 5.13 Å². The van der Waals surface area contributed by atoms with Crippen molar-refractivity contribution in [3.05, 3.63) is 66.2 Å². The molecule has 0 spiro atoms. The number of nitrogens with zero attached hydrogens (tertiary/aromatic N) is 1. The number of methoxy groups -OCH3 is 1. The summed E-state index contributed by atoms with van der Waals surface area (Å²) < 4.78 is 6.20. The molecule has 0 aliphatic rings. The SMILES string of the molecule is COc1ccc2nc(NC(=O)Cc3ccc4ccccc4c3)sc2c1. The van der Waals surface area contributed by atoms with Crippen LogP contribution < -0.4 is 10.1 Å². The third-order valence-electron chi connectivity index (χ3n) is 4.02. The lowest BCUT2D eigenvalue weighted by atomic mass is 10.1. The number of hydrogen-bond donors (Lipinski definition) is 1. The van der Waals surface area contributed by atoms with Crippen molar-refractivity contribution in [2.45, 2.75) is 6.42 Å². The molecule has 1 amide bonds. The molecule has 0 aliphatic heterocycles. The van der Waals surface area contributed by atoms with Gasteiger partial charge in [0, 0.05) is 0 Å². The Labute approximate surface area is 149 Å². The lowest BCUT2D eigenvalue weighted by Crippen LogP contribution is -2.14. The van der Waals surface area contributed by atoms with Gasteiger partial charge in [-0.15, -0.1) is 0 Å². The molecule has 0 atom stereocenters. The standard InChI is InChI=1S/C20H16N2O2S/c1-24-16-8-9-17-18(12-16)25-20(21-17)22-19(23)11-13-6-7-14-4-2-3-5-15(14)10-13/h2-10,12H,11H2,1H3,(H,21,22,23). The van der Waals surface area contributed by atoms with Gasteiger partial charge in [0.15, 0.2) is 5.13 Å². The average Bonchev–Trinajstić information content (AvgIpc) is 3.02.